The smallest absolute Gasteiger partial charge is 0.166 e. The van der Waals surface area contributed by atoms with E-state index in [1.54, 1.807) is 11.3 Å². The molecule has 2 N–H and O–H groups in total. The second-order valence-electron chi connectivity index (χ2n) is 8.63. The minimum atomic E-state index is -0.575. The summed E-state index contributed by atoms with van der Waals surface area (Å²) in [4.78, 5) is 17.0. The molecule has 31 heavy (non-hydrogen) atoms. The first-order valence-corrected chi connectivity index (χ1v) is 12.3. The summed E-state index contributed by atoms with van der Waals surface area (Å²) in [7, 11) is 2.18. The predicted molar refractivity (Wildman–Crippen MR) is 135 cm³/mol. The molecule has 0 aliphatic carbocycles. The Bertz CT molecular complexity index is 1080. The number of pyridine rings is 2. The number of nitrogens with two attached hydrogens (primary N) is 1. The maximum absolute atomic E-state index is 6.41. The maximum atomic E-state index is 6.41. The normalized spacial score (nSPS) is 15.9. The fourth-order valence-electron chi connectivity index (χ4n) is 4.03. The van der Waals surface area contributed by atoms with Gasteiger partial charge in [-0.05, 0) is 94.0 Å². The summed E-state index contributed by atoms with van der Waals surface area (Å²) >= 11 is 4.00. The Morgan fingerprint density at radius 2 is 1.94 bits per heavy atom. The van der Waals surface area contributed by atoms with Crippen LogP contribution in [0.25, 0.3) is 10.4 Å². The number of hydrogen-bond donors (Lipinski definition) is 1. The molecular weight excluding hydrogens is 521 g/mol. The molecule has 164 valence electrons. The molecule has 0 aromatic carbocycles. The van der Waals surface area contributed by atoms with Crippen LogP contribution in [0.1, 0.15) is 48.7 Å². The first-order valence-electron chi connectivity index (χ1n) is 10.5. The van der Waals surface area contributed by atoms with E-state index in [4.69, 9.17) is 15.5 Å². The van der Waals surface area contributed by atoms with Gasteiger partial charge in [-0.2, -0.15) is 0 Å². The predicted octanol–water partition coefficient (Wildman–Crippen LogP) is 5.22. The number of anilines is 1. The summed E-state index contributed by atoms with van der Waals surface area (Å²) < 4.78 is 7.38. The number of halogens is 1. The Morgan fingerprint density at radius 3 is 2.68 bits per heavy atom. The number of likely N-dealkylation sites (tertiary alicyclic amines) is 1. The van der Waals surface area contributed by atoms with Crippen molar-refractivity contribution in [1.82, 2.24) is 19.9 Å². The van der Waals surface area contributed by atoms with Gasteiger partial charge in [-0.1, -0.05) is 0 Å². The van der Waals surface area contributed by atoms with Crippen molar-refractivity contribution in [1.29, 1.82) is 0 Å². The largest absolute Gasteiger partial charge is 0.479 e. The molecule has 4 rings (SSSR count). The van der Waals surface area contributed by atoms with Crippen LogP contribution in [0.2, 0.25) is 0 Å². The van der Waals surface area contributed by atoms with Crippen LogP contribution in [-0.2, 0) is 5.60 Å². The van der Waals surface area contributed by atoms with E-state index >= 15 is 0 Å². The van der Waals surface area contributed by atoms with Gasteiger partial charge in [0.25, 0.3) is 0 Å². The van der Waals surface area contributed by atoms with Crippen LogP contribution in [0.5, 0.6) is 5.75 Å². The molecule has 0 radical (unpaired) electrons. The summed E-state index contributed by atoms with van der Waals surface area (Å²) in [5.41, 5.74) is 8.79. The second kappa shape index (κ2) is 8.99. The minimum absolute atomic E-state index is 0.387. The fourth-order valence-corrected chi connectivity index (χ4v) is 5.55. The monoisotopic (exact) mass is 549 g/mol. The van der Waals surface area contributed by atoms with E-state index in [1.165, 1.54) is 5.01 Å². The standard InChI is InChI=1S/C23H28IN5OS/c1-14-17(5-8-26-20(14)24)23(2,3)30-18-11-16(12-27-21(18)25)19-13-28-22(31-19)15-6-9-29(4)10-7-15/h5,8,11-13,15H,6-7,9-10H2,1-4H3,(H2,25,27). The average molecular weight is 549 g/mol. The van der Waals surface area contributed by atoms with Crippen LogP contribution in [0.3, 0.4) is 0 Å². The SMILES string of the molecule is Cc1c(C(C)(C)Oc2cc(-c3cnc(C4CCN(C)CC4)s3)cnc2N)ccnc1I. The molecule has 0 atom stereocenters. The first kappa shape index (κ1) is 22.4. The number of ether oxygens (including phenoxy) is 1. The Kier molecular flexibility index (Phi) is 6.50. The van der Waals surface area contributed by atoms with Gasteiger partial charge in [0.05, 0.1) is 9.88 Å². The Balaban J connectivity index is 1.58. The molecule has 1 aliphatic heterocycles. The molecular formula is C23H28IN5OS. The topological polar surface area (TPSA) is 77.2 Å². The number of nitrogen functional groups attached to an aromatic ring is 1. The molecule has 0 amide bonds. The van der Waals surface area contributed by atoms with Crippen molar-refractivity contribution in [2.24, 2.45) is 0 Å². The summed E-state index contributed by atoms with van der Waals surface area (Å²) in [6.07, 6.45) is 7.90. The number of thiazole rings is 1. The highest BCUT2D eigenvalue weighted by Crippen LogP contribution is 2.38. The van der Waals surface area contributed by atoms with E-state index < -0.39 is 5.60 Å². The third kappa shape index (κ3) is 4.85. The zero-order valence-electron chi connectivity index (χ0n) is 18.4. The molecule has 1 saturated heterocycles. The summed E-state index contributed by atoms with van der Waals surface area (Å²) in [5, 5.41) is 1.21. The van der Waals surface area contributed by atoms with Gasteiger partial charge < -0.3 is 15.4 Å². The first-order chi connectivity index (χ1) is 14.7. The van der Waals surface area contributed by atoms with Gasteiger partial charge >= 0.3 is 0 Å². The van der Waals surface area contributed by atoms with Crippen molar-refractivity contribution in [3.05, 3.63) is 50.6 Å². The molecule has 4 heterocycles. The fraction of sp³-hybridized carbons (Fsp3) is 0.435. The third-order valence-corrected chi connectivity index (χ3v) is 8.21. The molecule has 0 unspecified atom stereocenters. The van der Waals surface area contributed by atoms with Gasteiger partial charge in [0.2, 0.25) is 0 Å². The Morgan fingerprint density at radius 1 is 1.19 bits per heavy atom. The van der Waals surface area contributed by atoms with Gasteiger partial charge in [0.15, 0.2) is 11.6 Å². The zero-order valence-corrected chi connectivity index (χ0v) is 21.3. The van der Waals surface area contributed by atoms with Gasteiger partial charge in [-0.3, -0.25) is 4.98 Å². The molecule has 3 aromatic rings. The number of aromatic nitrogens is 3. The maximum Gasteiger partial charge on any atom is 0.166 e. The Hall–Kier alpha value is -1.78. The van der Waals surface area contributed by atoms with Gasteiger partial charge in [0, 0.05) is 35.6 Å². The highest BCUT2D eigenvalue weighted by atomic mass is 127. The quantitative estimate of drug-likeness (QED) is 0.348. The van der Waals surface area contributed by atoms with Crippen molar-refractivity contribution in [2.45, 2.75) is 45.1 Å². The summed E-state index contributed by atoms with van der Waals surface area (Å²) in [6.45, 7) is 8.41. The number of rotatable bonds is 5. The molecule has 0 spiro atoms. The average Bonchev–Trinajstić information content (AvgIpc) is 3.22. The van der Waals surface area contributed by atoms with Crippen molar-refractivity contribution >= 4 is 39.7 Å². The lowest BCUT2D eigenvalue weighted by Gasteiger charge is -2.29. The lowest BCUT2D eigenvalue weighted by Crippen LogP contribution is -2.29. The summed E-state index contributed by atoms with van der Waals surface area (Å²) in [6, 6.07) is 3.99. The molecule has 0 saturated carbocycles. The lowest BCUT2D eigenvalue weighted by atomic mass is 9.95. The van der Waals surface area contributed by atoms with Crippen molar-refractivity contribution < 1.29 is 4.74 Å². The van der Waals surface area contributed by atoms with Crippen LogP contribution in [0, 0.1) is 10.6 Å². The second-order valence-corrected chi connectivity index (χ2v) is 10.7. The van der Waals surface area contributed by atoms with E-state index in [0.29, 0.717) is 17.5 Å². The molecule has 1 aliphatic rings. The zero-order chi connectivity index (χ0) is 22.2. The lowest BCUT2D eigenvalue weighted by molar-refractivity contribution is 0.108. The van der Waals surface area contributed by atoms with E-state index in [1.807, 2.05) is 44.6 Å². The van der Waals surface area contributed by atoms with Crippen LogP contribution in [0.15, 0.2) is 30.7 Å². The van der Waals surface area contributed by atoms with Crippen LogP contribution < -0.4 is 10.5 Å². The van der Waals surface area contributed by atoms with E-state index in [2.05, 4.69) is 51.4 Å². The summed E-state index contributed by atoms with van der Waals surface area (Å²) in [5.74, 6) is 1.52. The van der Waals surface area contributed by atoms with Crippen molar-refractivity contribution in [3.8, 4) is 16.2 Å². The van der Waals surface area contributed by atoms with Gasteiger partial charge in [-0.15, -0.1) is 11.3 Å². The number of piperidine rings is 1. The van der Waals surface area contributed by atoms with Crippen LogP contribution >= 0.6 is 33.9 Å². The molecule has 3 aromatic heterocycles. The molecule has 0 bridgehead atoms. The van der Waals surface area contributed by atoms with Gasteiger partial charge in [0.1, 0.15) is 9.30 Å². The van der Waals surface area contributed by atoms with E-state index in [9.17, 15) is 0 Å². The number of hydrogen-bond acceptors (Lipinski definition) is 7. The van der Waals surface area contributed by atoms with E-state index in [0.717, 1.165) is 51.2 Å². The van der Waals surface area contributed by atoms with Crippen molar-refractivity contribution in [3.63, 3.8) is 0 Å². The van der Waals surface area contributed by atoms with Crippen LogP contribution in [-0.4, -0.2) is 40.0 Å². The molecule has 6 nitrogen and oxygen atoms in total. The highest BCUT2D eigenvalue weighted by Gasteiger charge is 2.27. The van der Waals surface area contributed by atoms with Crippen molar-refractivity contribution in [2.75, 3.05) is 25.9 Å². The molecule has 1 fully saturated rings. The molecule has 8 heteroatoms. The minimum Gasteiger partial charge on any atom is -0.479 e. The third-order valence-electron chi connectivity index (χ3n) is 5.91. The number of nitrogens with zero attached hydrogens (tertiary/aromatic N) is 4. The van der Waals surface area contributed by atoms with E-state index in [-0.39, 0.29) is 0 Å². The van der Waals surface area contributed by atoms with Gasteiger partial charge in [-0.25, -0.2) is 9.97 Å². The highest BCUT2D eigenvalue weighted by molar-refractivity contribution is 14.1. The Labute approximate surface area is 201 Å². The van der Waals surface area contributed by atoms with Crippen LogP contribution in [0.4, 0.5) is 5.82 Å².